The van der Waals surface area contributed by atoms with Crippen LogP contribution in [0.5, 0.6) is 0 Å². The molecule has 0 aromatic rings. The number of amides is 2. The number of hydrogen-bond acceptors (Lipinski definition) is 47. The highest BCUT2D eigenvalue weighted by molar-refractivity contribution is 5.73. The van der Waals surface area contributed by atoms with Crippen LogP contribution >= 0.6 is 0 Å². The molecule has 2 amide bonds. The fourth-order valence-electron chi connectivity index (χ4n) is 14.9. The number of rotatable bonds is 26. The summed E-state index contributed by atoms with van der Waals surface area (Å²) in [5.74, 6) is -2.02. The second kappa shape index (κ2) is 39.3. The van der Waals surface area contributed by atoms with E-state index in [2.05, 4.69) is 10.6 Å². The van der Waals surface area contributed by atoms with Crippen LogP contribution < -0.4 is 10.6 Å². The molecule has 10 aliphatic heterocycles. The Morgan fingerprint density at radius 3 is 0.894 bits per heavy atom. The highest BCUT2D eigenvalue weighted by Gasteiger charge is 2.62. The quantitative estimate of drug-likeness (QED) is 0.0382. The van der Waals surface area contributed by atoms with Gasteiger partial charge in [-0.3, -0.25) is 9.59 Å². The first-order chi connectivity index (χ1) is 53.3. The van der Waals surface area contributed by atoms with Crippen molar-refractivity contribution in [3.63, 3.8) is 0 Å². The van der Waals surface area contributed by atoms with Crippen molar-refractivity contribution >= 4 is 11.8 Å². The molecule has 49 heteroatoms. The molecule has 0 unspecified atom stereocenters. The molecule has 10 heterocycles. The monoisotopic (exact) mass is 1660 g/mol. The number of aliphatic hydroxyl groups excluding tert-OH is 26. The number of ether oxygens (including phenoxy) is 19. The van der Waals surface area contributed by atoms with Gasteiger partial charge in [-0.05, 0) is 27.7 Å². The van der Waals surface area contributed by atoms with Crippen molar-refractivity contribution in [1.29, 1.82) is 0 Å². The largest absolute Gasteiger partial charge is 0.394 e. The molecular weight excluding hydrogens is 1550 g/mol. The molecule has 0 aromatic carbocycles. The lowest BCUT2D eigenvalue weighted by Crippen LogP contribution is -2.71. The third-order valence-electron chi connectivity index (χ3n) is 21.5. The second-order valence-corrected chi connectivity index (χ2v) is 29.4. The van der Waals surface area contributed by atoms with Gasteiger partial charge in [0.2, 0.25) is 11.8 Å². The zero-order valence-corrected chi connectivity index (χ0v) is 61.3. The van der Waals surface area contributed by atoms with Gasteiger partial charge in [0, 0.05) is 13.8 Å². The summed E-state index contributed by atoms with van der Waals surface area (Å²) in [5, 5.41) is 294. The van der Waals surface area contributed by atoms with E-state index in [9.17, 15) is 142 Å². The Morgan fingerprint density at radius 1 is 0.248 bits per heavy atom. The number of carbonyl (C=O) groups is 2. The predicted octanol–water partition coefficient (Wildman–Crippen LogP) is -18.4. The van der Waals surface area contributed by atoms with Crippen molar-refractivity contribution in [3.05, 3.63) is 0 Å². The highest BCUT2D eigenvalue weighted by Crippen LogP contribution is 2.42. The topological polar surface area (TPSA) is 760 Å². The predicted molar refractivity (Wildman–Crippen MR) is 347 cm³/mol. The molecule has 10 aliphatic rings. The molecule has 0 saturated carbocycles. The Morgan fingerprint density at radius 2 is 0.531 bits per heavy atom. The average Bonchev–Trinajstić information content (AvgIpc) is 0.754. The molecule has 10 saturated heterocycles. The number of carbonyl (C=O) groups excluding carboxylic acids is 2. The fourth-order valence-corrected chi connectivity index (χ4v) is 14.9. The molecule has 28 N–H and O–H groups in total. The molecule has 49 nitrogen and oxygen atoms in total. The van der Waals surface area contributed by atoms with E-state index in [1.165, 1.54) is 27.7 Å². The Kier molecular flexibility index (Phi) is 32.2. The lowest BCUT2D eigenvalue weighted by molar-refractivity contribution is -0.403. The molecule has 10 rings (SSSR count). The van der Waals surface area contributed by atoms with E-state index in [0.29, 0.717) is 0 Å². The molecule has 10 fully saturated rings. The maximum Gasteiger partial charge on any atom is 0.217 e. The van der Waals surface area contributed by atoms with Crippen LogP contribution in [0.15, 0.2) is 0 Å². The zero-order valence-electron chi connectivity index (χ0n) is 61.3. The standard InChI is InChI=1S/C64H108N2O47/c1-13-27(74)34(81)42(89)58(96-13)109-50-25(65-17(5)72)56(103-22(10-70)48(50)107-63-53(38(85)31(78)19(7-67)101-63)112-60-44(91)36(83)29(76)15(3)98-60)95-12-24-33(80)52(46(93)62(105-24)106-47-21(9-69)100-55(94)41(88)40(47)87)111-57-26(66-18(6)73)51(110-59-43(90)35(82)28(75)14(2)97-59)49(23(11-71)104-57)108-64-54(39(86)32(79)20(8-68)102-64)113-61-45(92)37(84)30(77)16(4)99-61/h13-16,19-64,67-71,74-94H,7-12H2,1-6H3,(H,65,72)(H,66,73)/t13-,14-,15-,16-,19+,20+,21+,22+,23+,24+,25+,26+,27+,28+,29+,30+,31-,32-,33-,34+,35+,36+,37+,38-,39-,40+,41+,42-,43-,44-,45-,46+,47+,48+,49+,50+,51+,52-,53+,54+,55-,56+,57-,58-,59-,60-,61-,62-,63-,64-/m0/s1. The van der Waals surface area contributed by atoms with Gasteiger partial charge in [-0.15, -0.1) is 0 Å². The lowest BCUT2D eigenvalue weighted by atomic mass is 9.93. The van der Waals surface area contributed by atoms with Crippen LogP contribution in [-0.2, 0) is 99.6 Å². The lowest BCUT2D eigenvalue weighted by Gasteiger charge is -2.52. The number of hydrogen-bond donors (Lipinski definition) is 28. The second-order valence-electron chi connectivity index (χ2n) is 29.4. The van der Waals surface area contributed by atoms with Crippen LogP contribution in [0.4, 0.5) is 0 Å². The molecule has 0 radical (unpaired) electrons. The fraction of sp³-hybridized carbons (Fsp3) is 0.969. The third kappa shape index (κ3) is 19.7. The third-order valence-corrected chi connectivity index (χ3v) is 21.5. The van der Waals surface area contributed by atoms with Crippen LogP contribution in [-0.4, -0.2) is 491 Å². The summed E-state index contributed by atoms with van der Waals surface area (Å²) < 4.78 is 115. The van der Waals surface area contributed by atoms with Crippen molar-refractivity contribution in [2.75, 3.05) is 39.6 Å². The SMILES string of the molecule is CC(=O)N[C@H]1[C@H](OC[C@H]2O[C@@H](O[C@H]3[C@H](O)[C@@H](O)[C@@H](O)O[C@@H]3CO)[C@H](O)[C@@H](O[C@@H]3O[C@H](CO)[C@@H](O[C@@H]4O[C@H](CO)[C@H](O)[C@H](O)[C@H]4O[C@@H]4O[C@@H](C)[C@@H](O)[C@@H](O)[C@@H]4O)[C@H](O[C@@H]4O[C@@H](C)[C@@H](O)[C@@H](O)[C@@H]4O)[C@H]3NC(C)=O)[C@H]2O)O[C@H](CO)[C@@H](O[C@@H]2O[C@H](CO)[C@H](O)[C@H](O)[C@H]2O[C@@H]2O[C@@H](C)[C@@H](O)[C@@H](O)[C@@H]2O)[C@@H]1O[C@@H]1O[C@@H](C)[C@@H](O)[C@@H](O)[C@@H]1O. The van der Waals surface area contributed by atoms with E-state index in [1.54, 1.807) is 0 Å². The van der Waals surface area contributed by atoms with Crippen molar-refractivity contribution in [2.45, 2.75) is 348 Å². The number of aliphatic hydroxyl groups is 26. The van der Waals surface area contributed by atoms with Gasteiger partial charge in [-0.2, -0.15) is 0 Å². The zero-order chi connectivity index (χ0) is 83.1. The minimum Gasteiger partial charge on any atom is -0.394 e. The van der Waals surface area contributed by atoms with Gasteiger partial charge < -0.3 is 233 Å². The first kappa shape index (κ1) is 92.4. The normalized spacial score (nSPS) is 52.8. The minimum absolute atomic E-state index is 0.911. The van der Waals surface area contributed by atoms with Gasteiger partial charge in [0.25, 0.3) is 0 Å². The molecule has 656 valence electrons. The highest BCUT2D eigenvalue weighted by atomic mass is 16.8. The Bertz CT molecular complexity index is 2970. The summed E-state index contributed by atoms with van der Waals surface area (Å²) in [7, 11) is 0. The van der Waals surface area contributed by atoms with Gasteiger partial charge in [-0.25, -0.2) is 0 Å². The Hall–Kier alpha value is -2.86. The van der Waals surface area contributed by atoms with Crippen molar-refractivity contribution in [3.8, 4) is 0 Å². The van der Waals surface area contributed by atoms with E-state index >= 15 is 0 Å². The Labute approximate surface area is 641 Å². The Balaban J connectivity index is 1.02. The van der Waals surface area contributed by atoms with Crippen LogP contribution in [0, 0.1) is 0 Å². The van der Waals surface area contributed by atoms with E-state index in [0.717, 1.165) is 13.8 Å². The molecule has 0 aliphatic carbocycles. The maximum absolute atomic E-state index is 13.7. The van der Waals surface area contributed by atoms with Crippen molar-refractivity contribution in [1.82, 2.24) is 10.6 Å². The molecule has 113 heavy (non-hydrogen) atoms. The van der Waals surface area contributed by atoms with E-state index in [1.807, 2.05) is 0 Å². The summed E-state index contributed by atoms with van der Waals surface area (Å²) in [6, 6.07) is -4.07. The average molecular weight is 1660 g/mol. The van der Waals surface area contributed by atoms with Gasteiger partial charge in [0.05, 0.1) is 64.1 Å². The summed E-state index contributed by atoms with van der Waals surface area (Å²) in [4.78, 5) is 27.3. The summed E-state index contributed by atoms with van der Waals surface area (Å²) >= 11 is 0. The van der Waals surface area contributed by atoms with Gasteiger partial charge in [0.15, 0.2) is 62.9 Å². The van der Waals surface area contributed by atoms with Gasteiger partial charge in [0.1, 0.15) is 220 Å². The summed E-state index contributed by atoms with van der Waals surface area (Å²) in [6.07, 6.45) is -97.1. The summed E-state index contributed by atoms with van der Waals surface area (Å²) in [5.41, 5.74) is 0. The van der Waals surface area contributed by atoms with Crippen LogP contribution in [0.1, 0.15) is 41.5 Å². The smallest absolute Gasteiger partial charge is 0.217 e. The van der Waals surface area contributed by atoms with Gasteiger partial charge in [-0.1, -0.05) is 0 Å². The number of nitrogens with one attached hydrogen (secondary N) is 2. The van der Waals surface area contributed by atoms with Crippen molar-refractivity contribution < 1.29 is 232 Å². The molecule has 0 bridgehead atoms. The molecule has 50 atom stereocenters. The van der Waals surface area contributed by atoms with E-state index < -0.39 is 358 Å². The maximum atomic E-state index is 13.7. The first-order valence-electron chi connectivity index (χ1n) is 36.6. The molecular formula is C64H108N2O47. The minimum atomic E-state index is -2.52. The summed E-state index contributed by atoms with van der Waals surface area (Å²) in [6.45, 7) is -0.0499. The first-order valence-corrected chi connectivity index (χ1v) is 36.6. The molecule has 0 spiro atoms. The van der Waals surface area contributed by atoms with Crippen molar-refractivity contribution in [2.24, 2.45) is 0 Å². The van der Waals surface area contributed by atoms with Crippen LogP contribution in [0.25, 0.3) is 0 Å². The van der Waals surface area contributed by atoms with Gasteiger partial charge >= 0.3 is 0 Å². The van der Waals surface area contributed by atoms with Crippen LogP contribution in [0.3, 0.4) is 0 Å². The molecule has 0 aromatic heterocycles. The van der Waals surface area contributed by atoms with E-state index in [-0.39, 0.29) is 0 Å². The van der Waals surface area contributed by atoms with E-state index in [4.69, 9.17) is 90.0 Å². The van der Waals surface area contributed by atoms with Crippen LogP contribution in [0.2, 0.25) is 0 Å².